The molecule has 0 saturated carbocycles. The van der Waals surface area contributed by atoms with Crippen LogP contribution in [0.2, 0.25) is 5.02 Å². The highest BCUT2D eigenvalue weighted by Crippen LogP contribution is 2.34. The Hall–Kier alpha value is -3.07. The van der Waals surface area contributed by atoms with Gasteiger partial charge >= 0.3 is 5.97 Å². The molecule has 2 N–H and O–H groups in total. The summed E-state index contributed by atoms with van der Waals surface area (Å²) in [5.41, 5.74) is 2.37. The summed E-state index contributed by atoms with van der Waals surface area (Å²) >= 11 is 6.59. The van der Waals surface area contributed by atoms with E-state index < -0.39 is 0 Å². The Morgan fingerprint density at radius 2 is 1.55 bits per heavy atom. The van der Waals surface area contributed by atoms with Gasteiger partial charge in [0, 0.05) is 17.4 Å². The number of fused-ring (bicyclic) bond motifs is 1. The van der Waals surface area contributed by atoms with E-state index in [-0.39, 0.29) is 30.1 Å². The number of aromatic amines is 1. The number of H-pyrrole nitrogens is 1. The topological polar surface area (TPSA) is 111 Å². The quantitative estimate of drug-likeness (QED) is 0.0953. The van der Waals surface area contributed by atoms with E-state index in [1.54, 1.807) is 12.1 Å². The summed E-state index contributed by atoms with van der Waals surface area (Å²) in [6, 6.07) is 5.42. The molecule has 0 saturated heterocycles. The van der Waals surface area contributed by atoms with Crippen molar-refractivity contribution in [3.05, 3.63) is 28.9 Å². The molecule has 0 unspecified atom stereocenters. The van der Waals surface area contributed by atoms with Crippen LogP contribution in [0.4, 0.5) is 5.69 Å². The van der Waals surface area contributed by atoms with Crippen molar-refractivity contribution in [1.82, 2.24) is 19.8 Å². The van der Waals surface area contributed by atoms with Crippen molar-refractivity contribution >= 4 is 34.8 Å². The highest BCUT2D eigenvalue weighted by Gasteiger charge is 2.25. The summed E-state index contributed by atoms with van der Waals surface area (Å²) in [7, 11) is 0. The van der Waals surface area contributed by atoms with Gasteiger partial charge in [-0.25, -0.2) is 0 Å². The van der Waals surface area contributed by atoms with Crippen molar-refractivity contribution in [3.8, 4) is 17.1 Å². The zero-order valence-corrected chi connectivity index (χ0v) is 28.2. The number of unbranched alkanes of at least 4 members (excludes halogenated alkanes) is 11. The number of aromatic nitrogens is 4. The molecule has 244 valence electrons. The standard InChI is InChI=1S/C34H52ClN5O4/c1-6-8-9-10-11-12-13-14-15-16-17-18-23-44-29(42)22-21-28(41)36-26-24-25(19-20-27(26)43-7-2)32-37-33-30(35)31(34(3,4)5)38-40(33)39-32/h19-20,24H,6-18,21-23H2,1-5H3,(H,36,41)(H,37,39). The number of benzene rings is 1. The lowest BCUT2D eigenvalue weighted by Gasteiger charge is -2.14. The minimum Gasteiger partial charge on any atom is -0.492 e. The number of nitrogens with zero attached hydrogens (tertiary/aromatic N) is 3. The zero-order valence-electron chi connectivity index (χ0n) is 27.4. The van der Waals surface area contributed by atoms with Crippen molar-refractivity contribution in [3.63, 3.8) is 0 Å². The number of ether oxygens (including phenoxy) is 2. The number of carbonyl (C=O) groups is 2. The van der Waals surface area contributed by atoms with Gasteiger partial charge < -0.3 is 19.8 Å². The predicted molar refractivity (Wildman–Crippen MR) is 178 cm³/mol. The third-order valence-corrected chi connectivity index (χ3v) is 7.95. The number of carbonyl (C=O) groups excluding carboxylic acids is 2. The average Bonchev–Trinajstić information content (AvgIpc) is 3.54. The van der Waals surface area contributed by atoms with Gasteiger partial charge in [0.15, 0.2) is 11.5 Å². The molecule has 0 aliphatic carbocycles. The van der Waals surface area contributed by atoms with Crippen LogP contribution in [0.3, 0.4) is 0 Å². The van der Waals surface area contributed by atoms with Crippen molar-refractivity contribution in [2.24, 2.45) is 0 Å². The minimum absolute atomic E-state index is 0.0207. The predicted octanol–water partition coefficient (Wildman–Crippen LogP) is 9.04. The second kappa shape index (κ2) is 18.0. The van der Waals surface area contributed by atoms with E-state index in [1.165, 1.54) is 68.8 Å². The molecule has 0 aliphatic heterocycles. The van der Waals surface area contributed by atoms with Gasteiger partial charge in [-0.15, -0.1) is 9.73 Å². The van der Waals surface area contributed by atoms with Gasteiger partial charge in [0.2, 0.25) is 5.91 Å². The summed E-state index contributed by atoms with van der Waals surface area (Å²) in [4.78, 5) is 28.2. The van der Waals surface area contributed by atoms with Crippen LogP contribution in [0, 0.1) is 0 Å². The molecule has 1 aromatic carbocycles. The van der Waals surface area contributed by atoms with Gasteiger partial charge in [0.25, 0.3) is 0 Å². The maximum absolute atomic E-state index is 12.8. The first kappa shape index (κ1) is 35.4. The largest absolute Gasteiger partial charge is 0.492 e. The van der Waals surface area contributed by atoms with Crippen LogP contribution in [0.5, 0.6) is 5.75 Å². The fourth-order valence-electron chi connectivity index (χ4n) is 5.09. The Bertz CT molecular complexity index is 1330. The van der Waals surface area contributed by atoms with E-state index in [1.807, 2.05) is 33.8 Å². The summed E-state index contributed by atoms with van der Waals surface area (Å²) in [5, 5.41) is 12.5. The molecule has 0 bridgehead atoms. The summed E-state index contributed by atoms with van der Waals surface area (Å²) < 4.78 is 12.6. The van der Waals surface area contributed by atoms with Gasteiger partial charge in [0.05, 0.1) is 31.0 Å². The van der Waals surface area contributed by atoms with E-state index in [0.29, 0.717) is 41.1 Å². The number of amides is 1. The fourth-order valence-corrected chi connectivity index (χ4v) is 5.54. The third-order valence-electron chi connectivity index (χ3n) is 7.60. The number of esters is 1. The number of hydrogen-bond acceptors (Lipinski definition) is 6. The first-order chi connectivity index (χ1) is 21.1. The minimum atomic E-state index is -0.354. The van der Waals surface area contributed by atoms with Crippen LogP contribution in [0.1, 0.15) is 130 Å². The lowest BCUT2D eigenvalue weighted by molar-refractivity contribution is -0.144. The molecule has 2 heterocycles. The van der Waals surface area contributed by atoms with Crippen LogP contribution < -0.4 is 10.1 Å². The number of rotatable bonds is 20. The highest BCUT2D eigenvalue weighted by molar-refractivity contribution is 6.34. The molecule has 44 heavy (non-hydrogen) atoms. The molecule has 9 nitrogen and oxygen atoms in total. The van der Waals surface area contributed by atoms with E-state index in [9.17, 15) is 9.59 Å². The maximum Gasteiger partial charge on any atom is 0.306 e. The number of halogens is 1. The van der Waals surface area contributed by atoms with Gasteiger partial charge in [-0.2, -0.15) is 5.10 Å². The van der Waals surface area contributed by atoms with Crippen LogP contribution in [0.25, 0.3) is 17.0 Å². The van der Waals surface area contributed by atoms with Crippen molar-refractivity contribution < 1.29 is 19.1 Å². The highest BCUT2D eigenvalue weighted by atomic mass is 35.5. The molecule has 10 heteroatoms. The third kappa shape index (κ3) is 11.1. The molecule has 0 aliphatic rings. The summed E-state index contributed by atoms with van der Waals surface area (Å²) in [6.07, 6.45) is 15.1. The number of nitrogens with one attached hydrogen (secondary N) is 2. The van der Waals surface area contributed by atoms with E-state index in [2.05, 4.69) is 27.4 Å². The monoisotopic (exact) mass is 629 g/mol. The number of hydrogen-bond donors (Lipinski definition) is 2. The van der Waals surface area contributed by atoms with Crippen LogP contribution in [-0.4, -0.2) is 44.9 Å². The van der Waals surface area contributed by atoms with Crippen LogP contribution in [0.15, 0.2) is 18.2 Å². The molecule has 0 fully saturated rings. The van der Waals surface area contributed by atoms with Crippen molar-refractivity contribution in [1.29, 1.82) is 0 Å². The smallest absolute Gasteiger partial charge is 0.306 e. The zero-order chi connectivity index (χ0) is 32.0. The van der Waals surface area contributed by atoms with Crippen molar-refractivity contribution in [2.75, 3.05) is 18.5 Å². The molecule has 3 rings (SSSR count). The molecule has 0 spiro atoms. The Balaban J connectivity index is 1.41. The SMILES string of the molecule is CCCCCCCCCCCCCCOC(=O)CCC(=O)Nc1cc(-c2nn3nc(C(C)(C)C)c(Cl)c3[nH]2)ccc1OCC. The first-order valence-corrected chi connectivity index (χ1v) is 16.9. The van der Waals surface area contributed by atoms with Gasteiger partial charge in [-0.05, 0) is 31.5 Å². The van der Waals surface area contributed by atoms with E-state index >= 15 is 0 Å². The molecular formula is C34H52ClN5O4. The maximum atomic E-state index is 12.8. The van der Waals surface area contributed by atoms with Crippen LogP contribution >= 0.6 is 11.6 Å². The van der Waals surface area contributed by atoms with Crippen molar-refractivity contribution in [2.45, 2.75) is 130 Å². The Morgan fingerprint density at radius 1 is 0.909 bits per heavy atom. The number of anilines is 1. The van der Waals surface area contributed by atoms with E-state index in [4.69, 9.17) is 21.1 Å². The Kier molecular flexibility index (Phi) is 14.5. The van der Waals surface area contributed by atoms with Gasteiger partial charge in [-0.3, -0.25) is 9.59 Å². The molecule has 3 aromatic rings. The molecule has 0 atom stereocenters. The fraction of sp³-hybridized carbons (Fsp3) is 0.647. The summed E-state index contributed by atoms with van der Waals surface area (Å²) in [5.74, 6) is 0.434. The lowest BCUT2D eigenvalue weighted by Crippen LogP contribution is -2.15. The second-order valence-corrected chi connectivity index (χ2v) is 12.9. The normalized spacial score (nSPS) is 11.7. The first-order valence-electron chi connectivity index (χ1n) is 16.5. The van der Waals surface area contributed by atoms with Crippen LogP contribution in [-0.2, 0) is 19.7 Å². The molecular weight excluding hydrogens is 578 g/mol. The Morgan fingerprint density at radius 3 is 2.14 bits per heavy atom. The molecule has 0 radical (unpaired) electrons. The van der Waals surface area contributed by atoms with Gasteiger partial charge in [-0.1, -0.05) is 110 Å². The Labute approximate surface area is 267 Å². The second-order valence-electron chi connectivity index (χ2n) is 12.5. The summed E-state index contributed by atoms with van der Waals surface area (Å²) in [6.45, 7) is 11.1. The average molecular weight is 630 g/mol. The lowest BCUT2D eigenvalue weighted by atomic mass is 9.92. The van der Waals surface area contributed by atoms with Gasteiger partial charge in [0.1, 0.15) is 10.8 Å². The molecule has 1 amide bonds. The molecule has 2 aromatic heterocycles. The van der Waals surface area contributed by atoms with E-state index in [0.717, 1.165) is 24.1 Å².